The van der Waals surface area contributed by atoms with Crippen LogP contribution in [0.2, 0.25) is 0 Å². The zero-order valence-corrected chi connectivity index (χ0v) is 13.2. The number of carbonyl (C=O) groups excluding carboxylic acids is 1. The quantitative estimate of drug-likeness (QED) is 0.785. The van der Waals surface area contributed by atoms with Crippen LogP contribution in [-0.2, 0) is 7.05 Å². The molecule has 0 saturated carbocycles. The van der Waals surface area contributed by atoms with Gasteiger partial charge < -0.3 is 4.90 Å². The second-order valence-corrected chi connectivity index (χ2v) is 5.92. The maximum Gasteiger partial charge on any atom is 0.275 e. The van der Waals surface area contributed by atoms with Gasteiger partial charge in [0.15, 0.2) is 11.5 Å². The van der Waals surface area contributed by atoms with Crippen molar-refractivity contribution in [1.29, 1.82) is 0 Å². The van der Waals surface area contributed by atoms with Gasteiger partial charge in [0.2, 0.25) is 0 Å². The van der Waals surface area contributed by atoms with E-state index in [0.717, 1.165) is 29.6 Å². The SMILES string of the molecule is Cc1nc(C2CCCN2C(=O)c2nn(C)c3ccccc23)n[nH]1. The van der Waals surface area contributed by atoms with Gasteiger partial charge in [-0.05, 0) is 25.8 Å². The van der Waals surface area contributed by atoms with Gasteiger partial charge in [-0.1, -0.05) is 18.2 Å². The summed E-state index contributed by atoms with van der Waals surface area (Å²) in [4.78, 5) is 19.3. The normalized spacial score (nSPS) is 18.0. The Balaban J connectivity index is 1.72. The molecule has 1 saturated heterocycles. The van der Waals surface area contributed by atoms with Crippen LogP contribution < -0.4 is 0 Å². The van der Waals surface area contributed by atoms with E-state index < -0.39 is 0 Å². The molecule has 1 N–H and O–H groups in total. The first-order chi connectivity index (χ1) is 11.1. The highest BCUT2D eigenvalue weighted by molar-refractivity contribution is 6.05. The highest BCUT2D eigenvalue weighted by atomic mass is 16.2. The van der Waals surface area contributed by atoms with E-state index in [-0.39, 0.29) is 11.9 Å². The summed E-state index contributed by atoms with van der Waals surface area (Å²) >= 11 is 0. The fourth-order valence-corrected chi connectivity index (χ4v) is 3.30. The Labute approximate surface area is 133 Å². The number of benzene rings is 1. The third-order valence-electron chi connectivity index (χ3n) is 4.39. The van der Waals surface area contributed by atoms with Crippen LogP contribution in [-0.4, -0.2) is 42.3 Å². The molecule has 23 heavy (non-hydrogen) atoms. The van der Waals surface area contributed by atoms with Crippen LogP contribution in [0.25, 0.3) is 10.9 Å². The number of aromatic nitrogens is 5. The van der Waals surface area contributed by atoms with Gasteiger partial charge in [0.25, 0.3) is 5.91 Å². The Bertz CT molecular complexity index is 880. The summed E-state index contributed by atoms with van der Waals surface area (Å²) in [5, 5.41) is 12.4. The van der Waals surface area contributed by atoms with Gasteiger partial charge in [-0.3, -0.25) is 14.6 Å². The van der Waals surface area contributed by atoms with Gasteiger partial charge in [0, 0.05) is 19.0 Å². The molecule has 4 rings (SSSR count). The number of nitrogens with zero attached hydrogens (tertiary/aromatic N) is 5. The van der Waals surface area contributed by atoms with Gasteiger partial charge in [0.1, 0.15) is 5.82 Å². The number of aromatic amines is 1. The van der Waals surface area contributed by atoms with Gasteiger partial charge in [0.05, 0.1) is 11.6 Å². The van der Waals surface area contributed by atoms with E-state index in [1.165, 1.54) is 0 Å². The molecule has 0 aliphatic carbocycles. The highest BCUT2D eigenvalue weighted by Crippen LogP contribution is 2.32. The number of hydrogen-bond donors (Lipinski definition) is 1. The van der Waals surface area contributed by atoms with E-state index in [9.17, 15) is 4.79 Å². The number of aryl methyl sites for hydroxylation is 2. The Morgan fingerprint density at radius 2 is 2.17 bits per heavy atom. The average molecular weight is 310 g/mol. The number of hydrogen-bond acceptors (Lipinski definition) is 4. The predicted octanol–water partition coefficient (Wildman–Crippen LogP) is 1.98. The summed E-state index contributed by atoms with van der Waals surface area (Å²) < 4.78 is 1.75. The molecule has 1 aliphatic rings. The van der Waals surface area contributed by atoms with Crippen molar-refractivity contribution in [2.75, 3.05) is 6.54 Å². The Hall–Kier alpha value is -2.70. The fraction of sp³-hybridized carbons (Fsp3) is 0.375. The van der Waals surface area contributed by atoms with Crippen molar-refractivity contribution in [3.8, 4) is 0 Å². The van der Waals surface area contributed by atoms with Crippen molar-refractivity contribution >= 4 is 16.8 Å². The van der Waals surface area contributed by atoms with Crippen molar-refractivity contribution < 1.29 is 4.79 Å². The van der Waals surface area contributed by atoms with Gasteiger partial charge >= 0.3 is 0 Å². The minimum atomic E-state index is -0.0757. The molecule has 1 aliphatic heterocycles. The Morgan fingerprint density at radius 3 is 2.96 bits per heavy atom. The third kappa shape index (κ3) is 2.19. The maximum atomic E-state index is 13.0. The van der Waals surface area contributed by atoms with E-state index in [1.807, 2.05) is 43.1 Å². The number of nitrogens with one attached hydrogen (secondary N) is 1. The lowest BCUT2D eigenvalue weighted by molar-refractivity contribution is 0.0725. The minimum Gasteiger partial charge on any atom is -0.327 e. The average Bonchev–Trinajstić information content (AvgIpc) is 3.26. The predicted molar refractivity (Wildman–Crippen MR) is 84.8 cm³/mol. The molecule has 3 aromatic rings. The summed E-state index contributed by atoms with van der Waals surface area (Å²) in [6, 6.07) is 7.72. The number of fused-ring (bicyclic) bond motifs is 1. The molecule has 1 atom stereocenters. The zero-order valence-electron chi connectivity index (χ0n) is 13.2. The summed E-state index contributed by atoms with van der Waals surface area (Å²) in [6.07, 6.45) is 1.84. The molecule has 1 fully saturated rings. The van der Waals surface area contributed by atoms with E-state index in [1.54, 1.807) is 4.68 Å². The van der Waals surface area contributed by atoms with Crippen LogP contribution >= 0.6 is 0 Å². The third-order valence-corrected chi connectivity index (χ3v) is 4.39. The summed E-state index contributed by atoms with van der Waals surface area (Å²) in [6.45, 7) is 2.58. The fourth-order valence-electron chi connectivity index (χ4n) is 3.30. The molecule has 1 unspecified atom stereocenters. The first kappa shape index (κ1) is 13.9. The second kappa shape index (κ2) is 5.19. The van der Waals surface area contributed by atoms with Crippen molar-refractivity contribution in [2.45, 2.75) is 25.8 Å². The zero-order chi connectivity index (χ0) is 16.0. The summed E-state index contributed by atoms with van der Waals surface area (Å²) in [7, 11) is 1.86. The molecule has 7 heteroatoms. The molecule has 118 valence electrons. The van der Waals surface area contributed by atoms with Crippen molar-refractivity contribution in [2.24, 2.45) is 7.05 Å². The monoisotopic (exact) mass is 310 g/mol. The minimum absolute atomic E-state index is 0.0493. The molecule has 0 bridgehead atoms. The van der Waals surface area contributed by atoms with Crippen LogP contribution in [0.1, 0.15) is 41.0 Å². The summed E-state index contributed by atoms with van der Waals surface area (Å²) in [5.74, 6) is 1.41. The number of H-pyrrole nitrogens is 1. The lowest BCUT2D eigenvalue weighted by Crippen LogP contribution is -2.31. The van der Waals surface area contributed by atoms with Gasteiger partial charge in [-0.2, -0.15) is 10.2 Å². The van der Waals surface area contributed by atoms with E-state index in [2.05, 4.69) is 20.3 Å². The van der Waals surface area contributed by atoms with Crippen LogP contribution in [0, 0.1) is 6.92 Å². The van der Waals surface area contributed by atoms with E-state index in [4.69, 9.17) is 0 Å². The molecular formula is C16H18N6O. The molecule has 0 radical (unpaired) electrons. The molecule has 2 aromatic heterocycles. The summed E-state index contributed by atoms with van der Waals surface area (Å²) in [5.41, 5.74) is 1.46. The van der Waals surface area contributed by atoms with E-state index >= 15 is 0 Å². The number of likely N-dealkylation sites (tertiary alicyclic amines) is 1. The second-order valence-electron chi connectivity index (χ2n) is 5.92. The van der Waals surface area contributed by atoms with Crippen LogP contribution in [0.5, 0.6) is 0 Å². The topological polar surface area (TPSA) is 79.7 Å². The van der Waals surface area contributed by atoms with E-state index in [0.29, 0.717) is 18.1 Å². The van der Waals surface area contributed by atoms with Crippen molar-refractivity contribution in [3.05, 3.63) is 41.6 Å². The largest absolute Gasteiger partial charge is 0.327 e. The Morgan fingerprint density at radius 1 is 1.35 bits per heavy atom. The van der Waals surface area contributed by atoms with Crippen molar-refractivity contribution in [3.63, 3.8) is 0 Å². The molecule has 1 amide bonds. The van der Waals surface area contributed by atoms with Crippen LogP contribution in [0.15, 0.2) is 24.3 Å². The lowest BCUT2D eigenvalue weighted by Gasteiger charge is -2.21. The first-order valence-corrected chi connectivity index (χ1v) is 7.77. The number of amides is 1. The standard InChI is InChI=1S/C16H18N6O/c1-10-17-15(19-18-10)13-8-5-9-22(13)16(23)14-11-6-3-4-7-12(11)21(2)20-14/h3-4,6-7,13H,5,8-9H2,1-2H3,(H,17,18,19). The van der Waals surface area contributed by atoms with Gasteiger partial charge in [-0.25, -0.2) is 4.98 Å². The molecule has 3 heterocycles. The Kier molecular flexibility index (Phi) is 3.14. The first-order valence-electron chi connectivity index (χ1n) is 7.77. The van der Waals surface area contributed by atoms with Crippen LogP contribution in [0.4, 0.5) is 0 Å². The molecular weight excluding hydrogens is 292 g/mol. The number of carbonyl (C=O) groups is 1. The molecule has 0 spiro atoms. The molecule has 1 aromatic carbocycles. The highest BCUT2D eigenvalue weighted by Gasteiger charge is 2.34. The molecule has 7 nitrogen and oxygen atoms in total. The lowest BCUT2D eigenvalue weighted by atomic mass is 10.1. The maximum absolute atomic E-state index is 13.0. The number of para-hydroxylation sites is 1. The number of rotatable bonds is 2. The smallest absolute Gasteiger partial charge is 0.275 e. The van der Waals surface area contributed by atoms with Crippen molar-refractivity contribution in [1.82, 2.24) is 29.9 Å². The van der Waals surface area contributed by atoms with Gasteiger partial charge in [-0.15, -0.1) is 0 Å². The van der Waals surface area contributed by atoms with Crippen LogP contribution in [0.3, 0.4) is 0 Å².